The molecule has 2 nitrogen and oxygen atoms in total. The van der Waals surface area contributed by atoms with Gasteiger partial charge >= 0.3 is 0 Å². The molecule has 98 valence electrons. The van der Waals surface area contributed by atoms with Crippen LogP contribution in [0.5, 0.6) is 5.75 Å². The van der Waals surface area contributed by atoms with E-state index in [0.717, 1.165) is 10.0 Å². The van der Waals surface area contributed by atoms with E-state index in [2.05, 4.69) is 68.6 Å². The average Bonchev–Trinajstić information content (AvgIpc) is 2.13. The Morgan fingerprint density at radius 3 is 2.06 bits per heavy atom. The van der Waals surface area contributed by atoms with Crippen molar-refractivity contribution < 1.29 is 5.11 Å². The van der Waals surface area contributed by atoms with Gasteiger partial charge < -0.3 is 10.8 Å². The Kier molecular flexibility index (Phi) is 6.50. The second-order valence-electron chi connectivity index (χ2n) is 4.76. The summed E-state index contributed by atoms with van der Waals surface area (Å²) < 4.78 is 2.15. The van der Waals surface area contributed by atoms with Crippen molar-refractivity contribution in [1.82, 2.24) is 0 Å². The number of rotatable bonds is 1. The molecule has 3 N–H and O–H groups in total. The molecule has 0 saturated heterocycles. The Morgan fingerprint density at radius 2 is 1.65 bits per heavy atom. The highest BCUT2D eigenvalue weighted by molar-refractivity contribution is 9.11. The zero-order chi connectivity index (χ0) is 12.7. The van der Waals surface area contributed by atoms with Crippen LogP contribution in [0.2, 0.25) is 0 Å². The van der Waals surface area contributed by atoms with Crippen LogP contribution >= 0.6 is 60.2 Å². The molecule has 0 aromatic heterocycles. The fraction of sp³-hybridized carbons (Fsp3) is 0.455. The van der Waals surface area contributed by atoms with Crippen molar-refractivity contribution in [2.75, 3.05) is 0 Å². The van der Waals surface area contributed by atoms with Gasteiger partial charge in [0.15, 0.2) is 0 Å². The first-order valence-electron chi connectivity index (χ1n) is 4.78. The summed E-state index contributed by atoms with van der Waals surface area (Å²) in [5, 5.41) is 9.86. The second kappa shape index (κ2) is 6.24. The van der Waals surface area contributed by atoms with Gasteiger partial charge in [0.05, 0.1) is 8.95 Å². The lowest BCUT2D eigenvalue weighted by atomic mass is 9.83. The molecule has 0 aliphatic carbocycles. The molecule has 0 saturated carbocycles. The van der Waals surface area contributed by atoms with Crippen molar-refractivity contribution in [2.24, 2.45) is 11.1 Å². The number of benzene rings is 1. The maximum atomic E-state index is 9.86. The largest absolute Gasteiger partial charge is 0.506 e. The number of hydrogen-bond donors (Lipinski definition) is 2. The van der Waals surface area contributed by atoms with E-state index in [0.29, 0.717) is 8.95 Å². The molecule has 1 atom stereocenters. The summed E-state index contributed by atoms with van der Waals surface area (Å²) in [5.41, 5.74) is 7.01. The van der Waals surface area contributed by atoms with Crippen LogP contribution in [0, 0.1) is 5.41 Å². The standard InChI is InChI=1S/C11H14Br3NO.ClH/c1-11(2,3)10(15)7-5(12)4-6(13)9(16)8(7)14;/h4,10,16H,15H2,1-3H3;1H/t10-;/m1./s1. The summed E-state index contributed by atoms with van der Waals surface area (Å²) in [7, 11) is 0. The van der Waals surface area contributed by atoms with Crippen LogP contribution in [0.25, 0.3) is 0 Å². The van der Waals surface area contributed by atoms with Gasteiger partial charge in [0.1, 0.15) is 5.75 Å². The molecule has 0 fully saturated rings. The predicted molar refractivity (Wildman–Crippen MR) is 84.8 cm³/mol. The van der Waals surface area contributed by atoms with Crippen LogP contribution in [0.3, 0.4) is 0 Å². The van der Waals surface area contributed by atoms with Gasteiger partial charge in [-0.25, -0.2) is 0 Å². The average molecular weight is 452 g/mol. The summed E-state index contributed by atoms with van der Waals surface area (Å²) in [6.07, 6.45) is 0. The molecule has 0 spiro atoms. The molecular formula is C11H15Br3ClNO. The molecule has 0 bridgehead atoms. The van der Waals surface area contributed by atoms with Crippen molar-refractivity contribution in [3.63, 3.8) is 0 Å². The Morgan fingerprint density at radius 1 is 1.18 bits per heavy atom. The molecule has 0 aliphatic heterocycles. The zero-order valence-electron chi connectivity index (χ0n) is 9.72. The lowest BCUT2D eigenvalue weighted by Crippen LogP contribution is -2.27. The quantitative estimate of drug-likeness (QED) is 0.620. The molecule has 1 aromatic carbocycles. The van der Waals surface area contributed by atoms with Crippen molar-refractivity contribution >= 4 is 60.2 Å². The van der Waals surface area contributed by atoms with Gasteiger partial charge in [-0.3, -0.25) is 0 Å². The minimum atomic E-state index is -0.171. The number of phenols is 1. The Hall–Kier alpha value is 0.710. The Balaban J connectivity index is 0.00000256. The molecule has 17 heavy (non-hydrogen) atoms. The minimum absolute atomic E-state index is 0. The fourth-order valence-electron chi connectivity index (χ4n) is 1.31. The van der Waals surface area contributed by atoms with Crippen LogP contribution in [-0.2, 0) is 0 Å². The lowest BCUT2D eigenvalue weighted by molar-refractivity contribution is 0.324. The first-order valence-corrected chi connectivity index (χ1v) is 7.16. The van der Waals surface area contributed by atoms with Crippen molar-refractivity contribution in [3.05, 3.63) is 25.0 Å². The van der Waals surface area contributed by atoms with E-state index in [1.54, 1.807) is 6.07 Å². The third-order valence-electron chi connectivity index (χ3n) is 2.43. The molecule has 0 radical (unpaired) electrons. The van der Waals surface area contributed by atoms with Crippen LogP contribution < -0.4 is 5.73 Å². The highest BCUT2D eigenvalue weighted by atomic mass is 79.9. The SMILES string of the molecule is CC(C)(C)[C@H](N)c1c(Br)cc(Br)c(O)c1Br.Cl. The summed E-state index contributed by atoms with van der Waals surface area (Å²) in [5.74, 6) is 0.179. The Labute approximate surface area is 133 Å². The first-order chi connectivity index (χ1) is 7.16. The molecule has 0 aliphatic rings. The normalized spacial score (nSPS) is 13.1. The van der Waals surface area contributed by atoms with Crippen molar-refractivity contribution in [3.8, 4) is 5.75 Å². The van der Waals surface area contributed by atoms with Gasteiger partial charge in [0.25, 0.3) is 0 Å². The van der Waals surface area contributed by atoms with E-state index in [1.165, 1.54) is 0 Å². The molecule has 0 heterocycles. The fourth-order valence-corrected chi connectivity index (χ4v) is 3.93. The van der Waals surface area contributed by atoms with Gasteiger partial charge in [-0.15, -0.1) is 12.4 Å². The number of aromatic hydroxyl groups is 1. The lowest BCUT2D eigenvalue weighted by Gasteiger charge is -2.29. The van der Waals surface area contributed by atoms with Crippen LogP contribution in [0.15, 0.2) is 19.5 Å². The van der Waals surface area contributed by atoms with Gasteiger partial charge in [-0.1, -0.05) is 36.7 Å². The predicted octanol–water partition coefficient (Wildman–Crippen LogP) is 5.15. The van der Waals surface area contributed by atoms with Gasteiger partial charge in [-0.05, 0) is 43.3 Å². The minimum Gasteiger partial charge on any atom is -0.506 e. The third-order valence-corrected chi connectivity index (χ3v) is 4.49. The van der Waals surface area contributed by atoms with E-state index in [-0.39, 0.29) is 29.6 Å². The van der Waals surface area contributed by atoms with Gasteiger partial charge in [-0.2, -0.15) is 0 Å². The summed E-state index contributed by atoms with van der Waals surface area (Å²) in [4.78, 5) is 0. The monoisotopic (exact) mass is 449 g/mol. The van der Waals surface area contributed by atoms with Gasteiger partial charge in [0, 0.05) is 16.1 Å². The van der Waals surface area contributed by atoms with E-state index >= 15 is 0 Å². The zero-order valence-corrected chi connectivity index (χ0v) is 15.3. The van der Waals surface area contributed by atoms with E-state index in [9.17, 15) is 5.11 Å². The maximum absolute atomic E-state index is 9.86. The highest BCUT2D eigenvalue weighted by Crippen LogP contribution is 2.45. The molecule has 0 unspecified atom stereocenters. The van der Waals surface area contributed by atoms with E-state index in [4.69, 9.17) is 5.73 Å². The second-order valence-corrected chi connectivity index (χ2v) is 7.26. The summed E-state index contributed by atoms with van der Waals surface area (Å²) in [6, 6.07) is 1.64. The first kappa shape index (κ1) is 17.7. The molecule has 6 heteroatoms. The third kappa shape index (κ3) is 3.83. The topological polar surface area (TPSA) is 46.2 Å². The highest BCUT2D eigenvalue weighted by Gasteiger charge is 2.27. The summed E-state index contributed by atoms with van der Waals surface area (Å²) in [6.45, 7) is 6.20. The molecule has 1 rings (SSSR count). The van der Waals surface area contributed by atoms with Crippen LogP contribution in [0.1, 0.15) is 32.4 Å². The van der Waals surface area contributed by atoms with Crippen molar-refractivity contribution in [2.45, 2.75) is 26.8 Å². The van der Waals surface area contributed by atoms with Crippen LogP contribution in [-0.4, -0.2) is 5.11 Å². The summed E-state index contributed by atoms with van der Waals surface area (Å²) >= 11 is 10.1. The van der Waals surface area contributed by atoms with Gasteiger partial charge in [0.2, 0.25) is 0 Å². The smallest absolute Gasteiger partial charge is 0.144 e. The molecule has 0 amide bonds. The molecular weight excluding hydrogens is 437 g/mol. The maximum Gasteiger partial charge on any atom is 0.144 e. The van der Waals surface area contributed by atoms with E-state index < -0.39 is 0 Å². The number of phenolic OH excluding ortho intramolecular Hbond substituents is 1. The number of hydrogen-bond acceptors (Lipinski definition) is 2. The van der Waals surface area contributed by atoms with Crippen molar-refractivity contribution in [1.29, 1.82) is 0 Å². The number of halogens is 4. The Bertz CT molecular complexity index is 418. The number of nitrogens with two attached hydrogens (primary N) is 1. The van der Waals surface area contributed by atoms with Crippen LogP contribution in [0.4, 0.5) is 0 Å². The molecule has 1 aromatic rings. The van der Waals surface area contributed by atoms with E-state index in [1.807, 2.05) is 0 Å².